The van der Waals surface area contributed by atoms with E-state index in [2.05, 4.69) is 40.6 Å². The van der Waals surface area contributed by atoms with Gasteiger partial charge in [-0.2, -0.15) is 0 Å². The maximum Gasteiger partial charge on any atom is 0.115 e. The first-order valence-corrected chi connectivity index (χ1v) is 7.76. The standard InChI is InChI=1S/C17H24N2O/c1-2-9-17(18-13-16-8-3-6-12-20-16)15(7-1)14-19-10-4-5-11-19/h1-2,6-7,9,12,16,18H,3-5,8,10-11,13-14H2. The fourth-order valence-corrected chi connectivity index (χ4v) is 2.97. The van der Waals surface area contributed by atoms with Crippen molar-refractivity contribution < 1.29 is 4.74 Å². The zero-order chi connectivity index (χ0) is 13.6. The van der Waals surface area contributed by atoms with E-state index in [4.69, 9.17) is 4.74 Å². The van der Waals surface area contributed by atoms with E-state index in [1.165, 1.54) is 37.2 Å². The van der Waals surface area contributed by atoms with Gasteiger partial charge in [-0.15, -0.1) is 0 Å². The lowest BCUT2D eigenvalue weighted by Crippen LogP contribution is -2.24. The van der Waals surface area contributed by atoms with Gasteiger partial charge in [-0.05, 0) is 56.5 Å². The van der Waals surface area contributed by atoms with E-state index >= 15 is 0 Å². The van der Waals surface area contributed by atoms with E-state index in [0.29, 0.717) is 6.10 Å². The smallest absolute Gasteiger partial charge is 0.115 e. The van der Waals surface area contributed by atoms with Gasteiger partial charge in [0.25, 0.3) is 0 Å². The van der Waals surface area contributed by atoms with Crippen molar-refractivity contribution in [3.05, 3.63) is 42.2 Å². The van der Waals surface area contributed by atoms with Crippen LogP contribution in [0.5, 0.6) is 0 Å². The van der Waals surface area contributed by atoms with E-state index in [9.17, 15) is 0 Å². The van der Waals surface area contributed by atoms with Crippen LogP contribution in [0.2, 0.25) is 0 Å². The van der Waals surface area contributed by atoms with Crippen LogP contribution in [0.3, 0.4) is 0 Å². The molecular formula is C17H24N2O. The van der Waals surface area contributed by atoms with Crippen LogP contribution in [0.25, 0.3) is 0 Å². The number of nitrogens with one attached hydrogen (secondary N) is 1. The Morgan fingerprint density at radius 3 is 2.85 bits per heavy atom. The molecule has 1 saturated heterocycles. The van der Waals surface area contributed by atoms with Gasteiger partial charge in [0.2, 0.25) is 0 Å². The maximum atomic E-state index is 5.62. The molecule has 0 saturated carbocycles. The van der Waals surface area contributed by atoms with Crippen molar-refractivity contribution in [1.29, 1.82) is 0 Å². The van der Waals surface area contributed by atoms with Crippen LogP contribution in [0.1, 0.15) is 31.2 Å². The van der Waals surface area contributed by atoms with Crippen LogP contribution < -0.4 is 5.32 Å². The van der Waals surface area contributed by atoms with Crippen molar-refractivity contribution in [2.75, 3.05) is 25.0 Å². The number of para-hydroxylation sites is 1. The molecule has 3 heteroatoms. The molecule has 1 aromatic carbocycles. The van der Waals surface area contributed by atoms with Crippen LogP contribution in [-0.2, 0) is 11.3 Å². The minimum Gasteiger partial charge on any atom is -0.497 e. The van der Waals surface area contributed by atoms with Gasteiger partial charge in [-0.1, -0.05) is 18.2 Å². The van der Waals surface area contributed by atoms with E-state index in [-0.39, 0.29) is 0 Å². The van der Waals surface area contributed by atoms with Gasteiger partial charge in [0, 0.05) is 12.2 Å². The summed E-state index contributed by atoms with van der Waals surface area (Å²) in [5.41, 5.74) is 2.67. The van der Waals surface area contributed by atoms with Crippen LogP contribution in [0, 0.1) is 0 Å². The first-order valence-electron chi connectivity index (χ1n) is 7.76. The van der Waals surface area contributed by atoms with E-state index < -0.39 is 0 Å². The molecule has 1 fully saturated rings. The average molecular weight is 272 g/mol. The van der Waals surface area contributed by atoms with Crippen molar-refractivity contribution in [2.24, 2.45) is 0 Å². The summed E-state index contributed by atoms with van der Waals surface area (Å²) >= 11 is 0. The van der Waals surface area contributed by atoms with Gasteiger partial charge in [-0.25, -0.2) is 0 Å². The van der Waals surface area contributed by atoms with E-state index in [1.54, 1.807) is 0 Å². The molecule has 0 amide bonds. The third-order valence-electron chi connectivity index (χ3n) is 4.15. The number of ether oxygens (including phenoxy) is 1. The molecule has 0 spiro atoms. The third kappa shape index (κ3) is 3.54. The molecule has 0 bridgehead atoms. The Balaban J connectivity index is 1.58. The molecule has 0 radical (unpaired) electrons. The Morgan fingerprint density at radius 2 is 2.05 bits per heavy atom. The van der Waals surface area contributed by atoms with Crippen molar-refractivity contribution in [1.82, 2.24) is 4.90 Å². The number of likely N-dealkylation sites (tertiary alicyclic amines) is 1. The van der Waals surface area contributed by atoms with Crippen LogP contribution in [0.15, 0.2) is 36.6 Å². The van der Waals surface area contributed by atoms with Gasteiger partial charge >= 0.3 is 0 Å². The predicted molar refractivity (Wildman–Crippen MR) is 82.7 cm³/mol. The van der Waals surface area contributed by atoms with Gasteiger partial charge in [-0.3, -0.25) is 4.90 Å². The molecule has 2 aliphatic rings. The molecule has 20 heavy (non-hydrogen) atoms. The molecule has 1 aromatic rings. The number of benzene rings is 1. The fraction of sp³-hybridized carbons (Fsp3) is 0.529. The normalized spacial score (nSPS) is 22.7. The summed E-state index contributed by atoms with van der Waals surface area (Å²) in [7, 11) is 0. The zero-order valence-corrected chi connectivity index (χ0v) is 12.1. The summed E-state index contributed by atoms with van der Waals surface area (Å²) in [6, 6.07) is 8.67. The highest BCUT2D eigenvalue weighted by Gasteiger charge is 2.15. The van der Waals surface area contributed by atoms with Crippen molar-refractivity contribution in [3.63, 3.8) is 0 Å². The molecule has 3 rings (SSSR count). The number of allylic oxidation sites excluding steroid dienone is 1. The second-order valence-corrected chi connectivity index (χ2v) is 5.73. The lowest BCUT2D eigenvalue weighted by atomic mass is 10.1. The summed E-state index contributed by atoms with van der Waals surface area (Å²) in [4.78, 5) is 2.54. The molecule has 1 atom stereocenters. The highest BCUT2D eigenvalue weighted by Crippen LogP contribution is 2.20. The second-order valence-electron chi connectivity index (χ2n) is 5.73. The van der Waals surface area contributed by atoms with Crippen LogP contribution in [-0.4, -0.2) is 30.6 Å². The van der Waals surface area contributed by atoms with Gasteiger partial charge in [0.05, 0.1) is 12.8 Å². The highest BCUT2D eigenvalue weighted by molar-refractivity contribution is 5.51. The molecule has 2 aliphatic heterocycles. The minimum absolute atomic E-state index is 0.305. The van der Waals surface area contributed by atoms with Crippen molar-refractivity contribution in [3.8, 4) is 0 Å². The van der Waals surface area contributed by atoms with Crippen LogP contribution in [0.4, 0.5) is 5.69 Å². The molecule has 1 N–H and O–H groups in total. The third-order valence-corrected chi connectivity index (χ3v) is 4.15. The summed E-state index contributed by atoms with van der Waals surface area (Å²) in [5.74, 6) is 0. The SMILES string of the molecule is C1=COC(CNc2ccccc2CN2CCCC2)CC1. The first-order chi connectivity index (χ1) is 9.92. The zero-order valence-electron chi connectivity index (χ0n) is 12.1. The van der Waals surface area contributed by atoms with Gasteiger partial charge in [0.15, 0.2) is 0 Å². The Labute approximate surface area is 121 Å². The first kappa shape index (κ1) is 13.5. The lowest BCUT2D eigenvalue weighted by Gasteiger charge is -2.22. The number of anilines is 1. The summed E-state index contributed by atoms with van der Waals surface area (Å²) < 4.78 is 5.62. The van der Waals surface area contributed by atoms with E-state index in [0.717, 1.165) is 25.9 Å². The molecule has 1 unspecified atom stereocenters. The molecular weight excluding hydrogens is 248 g/mol. The Hall–Kier alpha value is -1.48. The number of rotatable bonds is 5. The van der Waals surface area contributed by atoms with Crippen molar-refractivity contribution >= 4 is 5.69 Å². The van der Waals surface area contributed by atoms with Gasteiger partial charge < -0.3 is 10.1 Å². The monoisotopic (exact) mass is 272 g/mol. The molecule has 108 valence electrons. The van der Waals surface area contributed by atoms with Crippen LogP contribution >= 0.6 is 0 Å². The summed E-state index contributed by atoms with van der Waals surface area (Å²) in [6.07, 6.45) is 9.17. The van der Waals surface area contributed by atoms with Gasteiger partial charge in [0.1, 0.15) is 6.10 Å². The predicted octanol–water partition coefficient (Wildman–Crippen LogP) is 3.39. The quantitative estimate of drug-likeness (QED) is 0.889. The highest BCUT2D eigenvalue weighted by atomic mass is 16.5. The Bertz CT molecular complexity index is 452. The average Bonchev–Trinajstić information content (AvgIpc) is 3.00. The molecule has 0 aliphatic carbocycles. The Morgan fingerprint density at radius 1 is 1.20 bits per heavy atom. The molecule has 2 heterocycles. The second kappa shape index (κ2) is 6.80. The number of hydrogen-bond donors (Lipinski definition) is 1. The summed E-state index contributed by atoms with van der Waals surface area (Å²) in [6.45, 7) is 4.44. The number of nitrogens with zero attached hydrogens (tertiary/aromatic N) is 1. The maximum absolute atomic E-state index is 5.62. The lowest BCUT2D eigenvalue weighted by molar-refractivity contribution is 0.135. The minimum atomic E-state index is 0.305. The molecule has 0 aromatic heterocycles. The van der Waals surface area contributed by atoms with E-state index in [1.807, 2.05) is 6.26 Å². The topological polar surface area (TPSA) is 24.5 Å². The fourth-order valence-electron chi connectivity index (χ4n) is 2.97. The van der Waals surface area contributed by atoms with Crippen molar-refractivity contribution in [2.45, 2.75) is 38.3 Å². The molecule has 3 nitrogen and oxygen atoms in total. The largest absolute Gasteiger partial charge is 0.497 e. The number of hydrogen-bond acceptors (Lipinski definition) is 3. The summed E-state index contributed by atoms with van der Waals surface area (Å²) in [5, 5.41) is 3.57. The Kier molecular flexibility index (Phi) is 4.59.